The fraction of sp³-hybridized carbons (Fsp3) is 0.333. The van der Waals surface area contributed by atoms with Crippen molar-refractivity contribution in [2.75, 3.05) is 25.6 Å². The molecule has 2 N–H and O–H groups in total. The van der Waals surface area contributed by atoms with Crippen LogP contribution in [0.1, 0.15) is 22.1 Å². The molecule has 0 aliphatic carbocycles. The molecule has 10 nitrogen and oxygen atoms in total. The quantitative estimate of drug-likeness (QED) is 0.374. The number of benzene rings is 2. The first-order valence-electron chi connectivity index (χ1n) is 11.2. The molecular weight excluding hydrogens is 470 g/mol. The summed E-state index contributed by atoms with van der Waals surface area (Å²) in [4.78, 5) is 11.8. The summed E-state index contributed by atoms with van der Waals surface area (Å²) in [6.07, 6.45) is 1.50. The molecule has 3 aromatic rings. The van der Waals surface area contributed by atoms with Crippen molar-refractivity contribution in [1.82, 2.24) is 20.3 Å². The maximum Gasteiger partial charge on any atom is 0.337 e. The smallest absolute Gasteiger partial charge is 0.337 e. The molecule has 11 heteroatoms. The summed E-state index contributed by atoms with van der Waals surface area (Å²) in [5, 5.41) is 15.3. The summed E-state index contributed by atoms with van der Waals surface area (Å²) < 4.78 is 24.4. The van der Waals surface area contributed by atoms with Crippen LogP contribution in [-0.2, 0) is 20.8 Å². The maximum atomic E-state index is 11.8. The number of carbonyl (C=O) groups excluding carboxylic acids is 1. The van der Waals surface area contributed by atoms with Gasteiger partial charge in [-0.25, -0.2) is 9.48 Å². The Bertz CT molecular complexity index is 1190. The second-order valence-corrected chi connectivity index (χ2v) is 8.64. The number of ether oxygens (including phenoxy) is 4. The largest absolute Gasteiger partial charge is 0.487 e. The first-order chi connectivity index (χ1) is 17.1. The molecule has 2 saturated heterocycles. The first-order valence-corrected chi connectivity index (χ1v) is 11.6. The van der Waals surface area contributed by atoms with Crippen molar-refractivity contribution in [1.29, 1.82) is 0 Å². The van der Waals surface area contributed by atoms with Crippen LogP contribution < -0.4 is 15.4 Å². The van der Waals surface area contributed by atoms with E-state index in [1.54, 1.807) is 22.9 Å². The molecule has 5 rings (SSSR count). The van der Waals surface area contributed by atoms with E-state index in [9.17, 15) is 4.79 Å². The number of carbonyl (C=O) groups is 1. The lowest BCUT2D eigenvalue weighted by Gasteiger charge is -2.20. The summed E-state index contributed by atoms with van der Waals surface area (Å²) in [6, 6.07) is 16.3. The lowest BCUT2D eigenvalue weighted by Crippen LogP contribution is -2.45. The zero-order valence-corrected chi connectivity index (χ0v) is 19.8. The molecule has 182 valence electrons. The summed E-state index contributed by atoms with van der Waals surface area (Å²) in [7, 11) is 1.35. The zero-order chi connectivity index (χ0) is 24.2. The van der Waals surface area contributed by atoms with Crippen molar-refractivity contribution < 1.29 is 23.7 Å². The Morgan fingerprint density at radius 3 is 2.80 bits per heavy atom. The third kappa shape index (κ3) is 5.26. The van der Waals surface area contributed by atoms with Gasteiger partial charge in [0.05, 0.1) is 38.1 Å². The third-order valence-electron chi connectivity index (χ3n) is 5.91. The lowest BCUT2D eigenvalue weighted by molar-refractivity contribution is 0.0600. The molecule has 4 atom stereocenters. The van der Waals surface area contributed by atoms with Crippen molar-refractivity contribution >= 4 is 29.0 Å². The molecule has 2 aromatic carbocycles. The van der Waals surface area contributed by atoms with Crippen molar-refractivity contribution in [3.8, 4) is 5.75 Å². The highest BCUT2D eigenvalue weighted by atomic mass is 32.1. The highest BCUT2D eigenvalue weighted by molar-refractivity contribution is 7.80. The Morgan fingerprint density at radius 2 is 1.97 bits per heavy atom. The number of thiocarbonyl (C=S) groups is 1. The van der Waals surface area contributed by atoms with E-state index in [-0.39, 0.29) is 24.3 Å². The molecule has 3 heterocycles. The SMILES string of the molecule is COC(=O)c1cccc(NC(=S)NC2COC3C2OCC3n2cc(COc3ccccc3)nn2)c1. The molecule has 0 amide bonds. The van der Waals surface area contributed by atoms with Gasteiger partial charge in [0, 0.05) is 5.69 Å². The van der Waals surface area contributed by atoms with E-state index < -0.39 is 5.97 Å². The summed E-state index contributed by atoms with van der Waals surface area (Å²) >= 11 is 5.47. The predicted molar refractivity (Wildman–Crippen MR) is 130 cm³/mol. The molecule has 0 spiro atoms. The third-order valence-corrected chi connectivity index (χ3v) is 6.13. The molecule has 35 heavy (non-hydrogen) atoms. The Labute approximate surface area is 207 Å². The molecule has 2 fully saturated rings. The van der Waals surface area contributed by atoms with Crippen LogP contribution in [0.5, 0.6) is 5.75 Å². The predicted octanol–water partition coefficient (Wildman–Crippen LogP) is 2.34. The van der Waals surface area contributed by atoms with Crippen LogP contribution in [0.4, 0.5) is 5.69 Å². The molecule has 2 aliphatic heterocycles. The first kappa shape index (κ1) is 23.2. The number of hydrogen-bond donors (Lipinski definition) is 2. The number of anilines is 1. The van der Waals surface area contributed by atoms with Crippen LogP contribution >= 0.6 is 12.2 Å². The number of aromatic nitrogens is 3. The average molecular weight is 496 g/mol. The molecule has 0 bridgehead atoms. The van der Waals surface area contributed by atoms with Gasteiger partial charge in [0.25, 0.3) is 0 Å². The van der Waals surface area contributed by atoms with Gasteiger partial charge in [0.1, 0.15) is 36.3 Å². The lowest BCUT2D eigenvalue weighted by atomic mass is 10.1. The number of nitrogens with zero attached hydrogens (tertiary/aromatic N) is 3. The highest BCUT2D eigenvalue weighted by Crippen LogP contribution is 2.34. The van der Waals surface area contributed by atoms with Gasteiger partial charge >= 0.3 is 5.97 Å². The number of esters is 1. The number of rotatable bonds is 7. The Hall–Kier alpha value is -3.54. The minimum Gasteiger partial charge on any atom is -0.487 e. The summed E-state index contributed by atoms with van der Waals surface area (Å²) in [6.45, 7) is 1.22. The van der Waals surface area contributed by atoms with Gasteiger partial charge < -0.3 is 29.6 Å². The van der Waals surface area contributed by atoms with E-state index in [0.29, 0.717) is 36.2 Å². The number of fused-ring (bicyclic) bond motifs is 1. The van der Waals surface area contributed by atoms with Gasteiger partial charge in [0.2, 0.25) is 0 Å². The van der Waals surface area contributed by atoms with Crippen molar-refractivity contribution in [2.24, 2.45) is 0 Å². The van der Waals surface area contributed by atoms with Gasteiger partial charge in [-0.1, -0.05) is 29.5 Å². The van der Waals surface area contributed by atoms with Gasteiger partial charge in [-0.15, -0.1) is 5.10 Å². The molecule has 0 saturated carbocycles. The van der Waals surface area contributed by atoms with Crippen LogP contribution in [0.25, 0.3) is 0 Å². The summed E-state index contributed by atoms with van der Waals surface area (Å²) in [5.41, 5.74) is 1.84. The van der Waals surface area contributed by atoms with Gasteiger partial charge in [0.15, 0.2) is 5.11 Å². The minimum absolute atomic E-state index is 0.0944. The Morgan fingerprint density at radius 1 is 1.14 bits per heavy atom. The van der Waals surface area contributed by atoms with E-state index in [2.05, 4.69) is 20.9 Å². The van der Waals surface area contributed by atoms with E-state index in [4.69, 9.17) is 31.2 Å². The fourth-order valence-corrected chi connectivity index (χ4v) is 4.49. The van der Waals surface area contributed by atoms with E-state index in [1.165, 1.54) is 7.11 Å². The van der Waals surface area contributed by atoms with Crippen LogP contribution in [0, 0.1) is 0 Å². The summed E-state index contributed by atoms with van der Waals surface area (Å²) in [5.74, 6) is 0.369. The maximum absolute atomic E-state index is 11.8. The topological polar surface area (TPSA) is 109 Å². The Balaban J connectivity index is 1.15. The van der Waals surface area contributed by atoms with Crippen LogP contribution in [0.15, 0.2) is 60.8 Å². The van der Waals surface area contributed by atoms with Crippen molar-refractivity contribution in [2.45, 2.75) is 30.9 Å². The minimum atomic E-state index is -0.409. The standard InChI is InChI=1S/C24H25N5O5S/c1-31-23(30)15-6-5-7-16(10-15)25-24(35)26-19-13-33-22-20(14-34-21(19)22)29-11-17(27-28-29)12-32-18-8-3-2-4-9-18/h2-11,19-22H,12-14H2,1H3,(H2,25,26,35). The second kappa shape index (κ2) is 10.4. The van der Waals surface area contributed by atoms with E-state index in [1.807, 2.05) is 42.6 Å². The molecule has 1 aromatic heterocycles. The Kier molecular flexibility index (Phi) is 6.89. The molecular formula is C24H25N5O5S. The van der Waals surface area contributed by atoms with Crippen LogP contribution in [0.2, 0.25) is 0 Å². The molecule has 0 radical (unpaired) electrons. The number of nitrogens with one attached hydrogen (secondary N) is 2. The van der Waals surface area contributed by atoms with Crippen LogP contribution in [-0.4, -0.2) is 64.6 Å². The van der Waals surface area contributed by atoms with Crippen molar-refractivity contribution in [3.63, 3.8) is 0 Å². The monoisotopic (exact) mass is 495 g/mol. The fourth-order valence-electron chi connectivity index (χ4n) is 4.22. The highest BCUT2D eigenvalue weighted by Gasteiger charge is 2.49. The number of methoxy groups -OCH3 is 1. The average Bonchev–Trinajstić information content (AvgIpc) is 3.61. The van der Waals surface area contributed by atoms with Gasteiger partial charge in [-0.3, -0.25) is 0 Å². The molecule has 4 unspecified atom stereocenters. The molecule has 2 aliphatic rings. The van der Waals surface area contributed by atoms with E-state index in [0.717, 1.165) is 11.4 Å². The second-order valence-electron chi connectivity index (χ2n) is 8.23. The number of para-hydroxylation sites is 1. The van der Waals surface area contributed by atoms with Crippen LogP contribution in [0.3, 0.4) is 0 Å². The number of hydrogen-bond acceptors (Lipinski definition) is 8. The van der Waals surface area contributed by atoms with Crippen molar-refractivity contribution in [3.05, 3.63) is 72.1 Å². The van der Waals surface area contributed by atoms with E-state index >= 15 is 0 Å². The zero-order valence-electron chi connectivity index (χ0n) is 19.0. The van der Waals surface area contributed by atoms with Gasteiger partial charge in [-0.05, 0) is 42.5 Å². The van der Waals surface area contributed by atoms with Gasteiger partial charge in [-0.2, -0.15) is 0 Å². The normalized spacial score (nSPS) is 22.9.